The third-order valence-electron chi connectivity index (χ3n) is 3.29. The van der Waals surface area contributed by atoms with Crippen LogP contribution in [-0.4, -0.2) is 37.2 Å². The van der Waals surface area contributed by atoms with Gasteiger partial charge in [-0.1, -0.05) is 23.9 Å². The van der Waals surface area contributed by atoms with Crippen LogP contribution in [0.2, 0.25) is 0 Å². The van der Waals surface area contributed by atoms with Crippen molar-refractivity contribution in [1.82, 2.24) is 4.72 Å². The summed E-state index contributed by atoms with van der Waals surface area (Å²) in [6.45, 7) is -0.843. The molecule has 0 fully saturated rings. The number of fused-ring (bicyclic) bond motifs is 2. The molecule has 3 rings (SSSR count). The summed E-state index contributed by atoms with van der Waals surface area (Å²) >= 11 is 1.36. The number of carboxylic acids is 1. The van der Waals surface area contributed by atoms with Gasteiger partial charge in [0.05, 0.1) is 21.3 Å². The first-order valence-corrected chi connectivity index (χ1v) is 9.15. The van der Waals surface area contributed by atoms with Crippen molar-refractivity contribution >= 4 is 27.8 Å². The molecule has 0 saturated heterocycles. The minimum atomic E-state index is -4.09. The Morgan fingerprint density at radius 3 is 2.58 bits per heavy atom. The Morgan fingerprint density at radius 1 is 1.17 bits per heavy atom. The van der Waals surface area contributed by atoms with Crippen LogP contribution in [-0.2, 0) is 14.8 Å². The molecule has 1 atom stereocenters. The molecule has 9 heteroatoms. The van der Waals surface area contributed by atoms with E-state index in [0.29, 0.717) is 16.4 Å². The fourth-order valence-electron chi connectivity index (χ4n) is 2.10. The Bertz CT molecular complexity index is 897. The highest BCUT2D eigenvalue weighted by atomic mass is 32.2. The number of carbonyl (C=O) groups is 1. The molecule has 0 aliphatic carbocycles. The summed E-state index contributed by atoms with van der Waals surface area (Å²) in [6.07, 6.45) is 0. The summed E-state index contributed by atoms with van der Waals surface area (Å²) in [5, 5.41) is 17.8. The van der Waals surface area contributed by atoms with E-state index < -0.39 is 28.6 Å². The van der Waals surface area contributed by atoms with Gasteiger partial charge >= 0.3 is 5.97 Å². The number of aliphatic carboxylic acids is 1. The van der Waals surface area contributed by atoms with Crippen LogP contribution in [0.5, 0.6) is 11.5 Å². The van der Waals surface area contributed by atoms with Gasteiger partial charge in [-0.2, -0.15) is 4.72 Å². The van der Waals surface area contributed by atoms with Crippen molar-refractivity contribution in [2.24, 2.45) is 0 Å². The van der Waals surface area contributed by atoms with E-state index in [1.165, 1.54) is 30.0 Å². The third-order valence-corrected chi connectivity index (χ3v) is 5.86. The summed E-state index contributed by atoms with van der Waals surface area (Å²) in [6, 6.07) is 10.0. The van der Waals surface area contributed by atoms with Gasteiger partial charge in [-0.25, -0.2) is 8.42 Å². The van der Waals surface area contributed by atoms with Crippen LogP contribution >= 0.6 is 11.8 Å². The number of hydrogen-bond donors (Lipinski definition) is 3. The van der Waals surface area contributed by atoms with Crippen LogP contribution in [0, 0.1) is 0 Å². The van der Waals surface area contributed by atoms with Gasteiger partial charge in [-0.15, -0.1) is 0 Å². The smallest absolute Gasteiger partial charge is 0.324 e. The molecule has 7 nitrogen and oxygen atoms in total. The van der Waals surface area contributed by atoms with Crippen LogP contribution in [0.1, 0.15) is 0 Å². The number of hydrogen-bond acceptors (Lipinski definition) is 6. The fraction of sp³-hybridized carbons (Fsp3) is 0.133. The lowest BCUT2D eigenvalue weighted by Gasteiger charge is -2.20. The number of aliphatic hydroxyl groups excluding tert-OH is 1. The normalized spacial score (nSPS) is 14.2. The second-order valence-corrected chi connectivity index (χ2v) is 7.75. The lowest BCUT2D eigenvalue weighted by molar-refractivity contribution is -0.139. The number of aliphatic hydroxyl groups is 1. The zero-order valence-corrected chi connectivity index (χ0v) is 13.8. The maximum absolute atomic E-state index is 12.3. The second-order valence-electron chi connectivity index (χ2n) is 4.95. The Morgan fingerprint density at radius 2 is 1.88 bits per heavy atom. The molecule has 0 saturated carbocycles. The molecule has 0 aromatic heterocycles. The Balaban J connectivity index is 1.91. The maximum atomic E-state index is 12.3. The molecule has 24 heavy (non-hydrogen) atoms. The van der Waals surface area contributed by atoms with Gasteiger partial charge in [0.2, 0.25) is 10.0 Å². The molecule has 1 unspecified atom stereocenters. The van der Waals surface area contributed by atoms with E-state index in [9.17, 15) is 13.2 Å². The van der Waals surface area contributed by atoms with E-state index in [1.54, 1.807) is 0 Å². The molecular formula is C15H13NO6S2. The monoisotopic (exact) mass is 367 g/mol. The Labute approximate surface area is 142 Å². The topological polar surface area (TPSA) is 113 Å². The van der Waals surface area contributed by atoms with Crippen molar-refractivity contribution in [3.63, 3.8) is 0 Å². The molecule has 0 amide bonds. The van der Waals surface area contributed by atoms with Crippen molar-refractivity contribution in [1.29, 1.82) is 0 Å². The van der Waals surface area contributed by atoms with Gasteiger partial charge in [0.15, 0.2) is 0 Å². The number of para-hydroxylation sites is 1. The first kappa shape index (κ1) is 16.8. The molecular weight excluding hydrogens is 354 g/mol. The molecule has 0 spiro atoms. The van der Waals surface area contributed by atoms with Gasteiger partial charge in [0.1, 0.15) is 17.5 Å². The molecule has 3 N–H and O–H groups in total. The molecule has 0 radical (unpaired) electrons. The summed E-state index contributed by atoms with van der Waals surface area (Å²) in [4.78, 5) is 12.3. The first-order chi connectivity index (χ1) is 11.4. The van der Waals surface area contributed by atoms with Crippen molar-refractivity contribution in [2.45, 2.75) is 20.7 Å². The van der Waals surface area contributed by atoms with Gasteiger partial charge in [-0.3, -0.25) is 4.79 Å². The van der Waals surface area contributed by atoms with E-state index >= 15 is 0 Å². The largest absolute Gasteiger partial charge is 0.480 e. The molecule has 1 heterocycles. The van der Waals surface area contributed by atoms with Crippen LogP contribution in [0.4, 0.5) is 0 Å². The number of sulfonamides is 1. The number of rotatable bonds is 5. The minimum absolute atomic E-state index is 0.101. The fourth-order valence-corrected chi connectivity index (χ4v) is 4.37. The van der Waals surface area contributed by atoms with Gasteiger partial charge in [0, 0.05) is 0 Å². The maximum Gasteiger partial charge on any atom is 0.324 e. The standard InChI is InChI=1S/C15H13NO6S2/c17-8-10(15(18)19)16-24(20,21)9-5-6-12-14(7-9)23-13-4-2-1-3-11(13)22-12/h1-7,10,16-17H,8H2,(H,18,19). The van der Waals surface area contributed by atoms with Crippen molar-refractivity contribution in [3.8, 4) is 11.5 Å². The summed E-state index contributed by atoms with van der Waals surface area (Å²) in [5.41, 5.74) is 0. The SMILES string of the molecule is O=C(O)C(CO)NS(=O)(=O)c1ccc2c(c1)Sc1ccccc1O2. The predicted molar refractivity (Wildman–Crippen MR) is 85.9 cm³/mol. The summed E-state index contributed by atoms with van der Waals surface area (Å²) < 4.78 is 32.3. The first-order valence-electron chi connectivity index (χ1n) is 6.85. The average Bonchev–Trinajstić information content (AvgIpc) is 2.57. The molecule has 126 valence electrons. The second kappa shape index (κ2) is 6.44. The van der Waals surface area contributed by atoms with E-state index in [4.69, 9.17) is 14.9 Å². The van der Waals surface area contributed by atoms with Crippen LogP contribution in [0.15, 0.2) is 57.2 Å². The van der Waals surface area contributed by atoms with Crippen molar-refractivity contribution in [3.05, 3.63) is 42.5 Å². The highest BCUT2D eigenvalue weighted by Crippen LogP contribution is 2.47. The van der Waals surface area contributed by atoms with Gasteiger partial charge < -0.3 is 14.9 Å². The Kier molecular flexibility index (Phi) is 4.50. The Hall–Kier alpha value is -2.07. The highest BCUT2D eigenvalue weighted by Gasteiger charge is 2.26. The zero-order valence-electron chi connectivity index (χ0n) is 12.2. The summed E-state index contributed by atoms with van der Waals surface area (Å²) in [5.74, 6) is -0.241. The van der Waals surface area contributed by atoms with Crippen LogP contribution in [0.3, 0.4) is 0 Å². The van der Waals surface area contributed by atoms with Gasteiger partial charge in [0.25, 0.3) is 0 Å². The van der Waals surface area contributed by atoms with E-state index in [1.807, 2.05) is 29.0 Å². The number of benzene rings is 2. The van der Waals surface area contributed by atoms with E-state index in [0.717, 1.165) is 4.90 Å². The molecule has 2 aromatic carbocycles. The molecule has 2 aromatic rings. The lowest BCUT2D eigenvalue weighted by atomic mass is 10.3. The van der Waals surface area contributed by atoms with Crippen LogP contribution in [0.25, 0.3) is 0 Å². The molecule has 1 aliphatic rings. The van der Waals surface area contributed by atoms with Crippen molar-refractivity contribution in [2.75, 3.05) is 6.61 Å². The zero-order chi connectivity index (χ0) is 17.3. The quantitative estimate of drug-likeness (QED) is 0.629. The van der Waals surface area contributed by atoms with Crippen molar-refractivity contribution < 1.29 is 28.2 Å². The highest BCUT2D eigenvalue weighted by molar-refractivity contribution is 7.99. The summed E-state index contributed by atoms with van der Waals surface area (Å²) in [7, 11) is -4.09. The number of nitrogens with one attached hydrogen (secondary N) is 1. The van der Waals surface area contributed by atoms with E-state index in [2.05, 4.69) is 0 Å². The van der Waals surface area contributed by atoms with E-state index in [-0.39, 0.29) is 4.90 Å². The average molecular weight is 367 g/mol. The molecule has 0 bridgehead atoms. The van der Waals surface area contributed by atoms with Crippen LogP contribution < -0.4 is 9.46 Å². The minimum Gasteiger partial charge on any atom is -0.480 e. The third kappa shape index (κ3) is 3.24. The lowest BCUT2D eigenvalue weighted by Crippen LogP contribution is -2.43. The number of carboxylic acid groups (broad SMARTS) is 1. The predicted octanol–water partition coefficient (Wildman–Crippen LogP) is 1.67. The molecule has 1 aliphatic heterocycles. The number of ether oxygens (including phenoxy) is 1. The van der Waals surface area contributed by atoms with Gasteiger partial charge in [-0.05, 0) is 30.3 Å².